The molecule has 160 valence electrons. The molecule has 1 aromatic carbocycles. The maximum atomic E-state index is 14.3. The number of hydrogen-bond acceptors (Lipinski definition) is 6. The van der Waals surface area contributed by atoms with Crippen molar-refractivity contribution in [1.29, 1.82) is 0 Å². The molecule has 0 bridgehead atoms. The second-order valence-corrected chi connectivity index (χ2v) is 8.21. The molecule has 1 amide bonds. The number of methoxy groups -OCH3 is 2. The number of nitrogens with zero attached hydrogens (tertiary/aromatic N) is 4. The van der Waals surface area contributed by atoms with Crippen molar-refractivity contribution in [3.8, 4) is 11.8 Å². The standard InChI is InChI=1S/C22H27FN4O3/c1-29-18-4-5-19(23)16(10-18)13-26-8-3-6-22(14-26)7-9-27(15-22)20(28)17-11-24-21(30-2)25-12-17/h4-5,10-12H,3,6-9,13-15H2,1-2H3. The summed E-state index contributed by atoms with van der Waals surface area (Å²) < 4.78 is 24.5. The van der Waals surface area contributed by atoms with Gasteiger partial charge in [-0.3, -0.25) is 9.69 Å². The van der Waals surface area contributed by atoms with E-state index in [1.165, 1.54) is 25.6 Å². The van der Waals surface area contributed by atoms with Crippen molar-refractivity contribution in [3.63, 3.8) is 0 Å². The van der Waals surface area contributed by atoms with Gasteiger partial charge >= 0.3 is 6.01 Å². The molecule has 2 saturated heterocycles. The Kier molecular flexibility index (Phi) is 5.85. The maximum absolute atomic E-state index is 14.3. The first-order chi connectivity index (χ1) is 14.5. The quantitative estimate of drug-likeness (QED) is 0.750. The Hall–Kier alpha value is -2.74. The largest absolute Gasteiger partial charge is 0.497 e. The topological polar surface area (TPSA) is 67.8 Å². The van der Waals surface area contributed by atoms with Crippen LogP contribution in [0, 0.1) is 11.2 Å². The lowest BCUT2D eigenvalue weighted by Gasteiger charge is -2.40. The van der Waals surface area contributed by atoms with Gasteiger partial charge in [-0.2, -0.15) is 0 Å². The number of carbonyl (C=O) groups excluding carboxylic acids is 1. The number of likely N-dealkylation sites (tertiary alicyclic amines) is 2. The molecule has 1 aromatic heterocycles. The summed E-state index contributed by atoms with van der Waals surface area (Å²) in [7, 11) is 3.08. The van der Waals surface area contributed by atoms with Crippen molar-refractivity contribution in [1.82, 2.24) is 19.8 Å². The molecule has 1 atom stereocenters. The van der Waals surface area contributed by atoms with E-state index in [2.05, 4.69) is 14.9 Å². The van der Waals surface area contributed by atoms with Crippen LogP contribution in [0.4, 0.5) is 4.39 Å². The average Bonchev–Trinajstić information content (AvgIpc) is 3.17. The van der Waals surface area contributed by atoms with Crippen LogP contribution in [0.2, 0.25) is 0 Å². The van der Waals surface area contributed by atoms with Crippen molar-refractivity contribution < 1.29 is 18.7 Å². The van der Waals surface area contributed by atoms with Crippen LogP contribution < -0.4 is 9.47 Å². The molecule has 4 rings (SSSR count). The molecule has 8 heteroatoms. The summed E-state index contributed by atoms with van der Waals surface area (Å²) in [5.41, 5.74) is 1.17. The van der Waals surface area contributed by atoms with Gasteiger partial charge in [0.1, 0.15) is 11.6 Å². The van der Waals surface area contributed by atoms with E-state index in [0.29, 0.717) is 36.5 Å². The van der Waals surface area contributed by atoms with E-state index < -0.39 is 0 Å². The monoisotopic (exact) mass is 414 g/mol. The molecular formula is C22H27FN4O3. The molecule has 1 unspecified atom stereocenters. The van der Waals surface area contributed by atoms with E-state index in [9.17, 15) is 9.18 Å². The summed E-state index contributed by atoms with van der Waals surface area (Å²) in [6, 6.07) is 5.11. The van der Waals surface area contributed by atoms with Crippen LogP contribution in [-0.2, 0) is 6.54 Å². The number of ether oxygens (including phenoxy) is 2. The van der Waals surface area contributed by atoms with Gasteiger partial charge in [-0.05, 0) is 44.0 Å². The molecule has 7 nitrogen and oxygen atoms in total. The summed E-state index contributed by atoms with van der Waals surface area (Å²) in [4.78, 5) is 25.2. The van der Waals surface area contributed by atoms with Gasteiger partial charge in [-0.1, -0.05) is 0 Å². The Morgan fingerprint density at radius 3 is 2.67 bits per heavy atom. The zero-order valence-electron chi connectivity index (χ0n) is 17.4. The molecule has 0 N–H and O–H groups in total. The molecule has 0 radical (unpaired) electrons. The van der Waals surface area contributed by atoms with E-state index in [-0.39, 0.29) is 23.1 Å². The van der Waals surface area contributed by atoms with E-state index in [1.54, 1.807) is 19.2 Å². The Bertz CT molecular complexity index is 908. The van der Waals surface area contributed by atoms with Crippen LogP contribution in [0.5, 0.6) is 11.8 Å². The molecule has 2 fully saturated rings. The first kappa shape index (κ1) is 20.5. The van der Waals surface area contributed by atoms with Crippen LogP contribution in [0.15, 0.2) is 30.6 Å². The lowest BCUT2D eigenvalue weighted by atomic mass is 9.79. The molecule has 1 spiro atoms. The highest BCUT2D eigenvalue weighted by Gasteiger charge is 2.43. The number of benzene rings is 1. The minimum Gasteiger partial charge on any atom is -0.497 e. The van der Waals surface area contributed by atoms with Crippen LogP contribution in [0.1, 0.15) is 35.2 Å². The number of carbonyl (C=O) groups is 1. The molecule has 2 aromatic rings. The summed E-state index contributed by atoms with van der Waals surface area (Å²) in [5.74, 6) is 0.404. The predicted molar refractivity (Wildman–Crippen MR) is 109 cm³/mol. The second-order valence-electron chi connectivity index (χ2n) is 8.21. The molecule has 2 aliphatic heterocycles. The van der Waals surface area contributed by atoms with Gasteiger partial charge in [-0.15, -0.1) is 0 Å². The van der Waals surface area contributed by atoms with Crippen LogP contribution >= 0.6 is 0 Å². The average molecular weight is 414 g/mol. The first-order valence-corrected chi connectivity index (χ1v) is 10.2. The van der Waals surface area contributed by atoms with Crippen LogP contribution in [0.25, 0.3) is 0 Å². The number of hydrogen-bond donors (Lipinski definition) is 0. The third kappa shape index (κ3) is 4.23. The Balaban J connectivity index is 1.42. The summed E-state index contributed by atoms with van der Waals surface area (Å²) in [6.45, 7) is 3.75. The Labute approximate surface area is 175 Å². The van der Waals surface area contributed by atoms with Gasteiger partial charge in [0.25, 0.3) is 5.91 Å². The van der Waals surface area contributed by atoms with Crippen molar-refractivity contribution in [2.24, 2.45) is 5.41 Å². The van der Waals surface area contributed by atoms with Gasteiger partial charge in [0.05, 0.1) is 19.8 Å². The number of halogens is 1. The maximum Gasteiger partial charge on any atom is 0.316 e. The number of amides is 1. The number of aromatic nitrogens is 2. The van der Waals surface area contributed by atoms with Gasteiger partial charge in [-0.25, -0.2) is 14.4 Å². The fourth-order valence-corrected chi connectivity index (χ4v) is 4.64. The molecule has 0 saturated carbocycles. The van der Waals surface area contributed by atoms with Crippen molar-refractivity contribution in [2.45, 2.75) is 25.8 Å². The SMILES string of the molecule is COc1ccc(F)c(CN2CCCC3(CCN(C(=O)c4cnc(OC)nc4)C3)C2)c1. The van der Waals surface area contributed by atoms with E-state index in [1.807, 2.05) is 4.90 Å². The fraction of sp³-hybridized carbons (Fsp3) is 0.500. The number of piperidine rings is 1. The molecule has 30 heavy (non-hydrogen) atoms. The zero-order valence-corrected chi connectivity index (χ0v) is 17.4. The van der Waals surface area contributed by atoms with E-state index in [4.69, 9.17) is 9.47 Å². The molecule has 0 aliphatic carbocycles. The Morgan fingerprint density at radius 1 is 1.13 bits per heavy atom. The van der Waals surface area contributed by atoms with Gasteiger partial charge in [0.2, 0.25) is 0 Å². The van der Waals surface area contributed by atoms with Gasteiger partial charge < -0.3 is 14.4 Å². The van der Waals surface area contributed by atoms with Crippen LogP contribution in [0.3, 0.4) is 0 Å². The lowest BCUT2D eigenvalue weighted by Crippen LogP contribution is -2.45. The van der Waals surface area contributed by atoms with Gasteiger partial charge in [0, 0.05) is 49.6 Å². The second kappa shape index (κ2) is 8.55. The minimum atomic E-state index is -0.210. The summed E-state index contributed by atoms with van der Waals surface area (Å²) in [6.07, 6.45) is 6.09. The van der Waals surface area contributed by atoms with E-state index >= 15 is 0 Å². The van der Waals surface area contributed by atoms with Crippen LogP contribution in [-0.4, -0.2) is 66.1 Å². The normalized spacial score (nSPS) is 21.8. The number of rotatable bonds is 5. The highest BCUT2D eigenvalue weighted by Crippen LogP contribution is 2.40. The van der Waals surface area contributed by atoms with Gasteiger partial charge in [0.15, 0.2) is 0 Å². The highest BCUT2D eigenvalue weighted by atomic mass is 19.1. The van der Waals surface area contributed by atoms with Crippen molar-refractivity contribution in [2.75, 3.05) is 40.4 Å². The first-order valence-electron chi connectivity index (χ1n) is 10.2. The zero-order chi connectivity index (χ0) is 21.1. The minimum absolute atomic E-state index is 0.0505. The van der Waals surface area contributed by atoms with Crippen molar-refractivity contribution in [3.05, 3.63) is 47.5 Å². The van der Waals surface area contributed by atoms with Crippen molar-refractivity contribution >= 4 is 5.91 Å². The third-order valence-electron chi connectivity index (χ3n) is 6.17. The highest BCUT2D eigenvalue weighted by molar-refractivity contribution is 5.93. The third-order valence-corrected chi connectivity index (χ3v) is 6.17. The predicted octanol–water partition coefficient (Wildman–Crippen LogP) is 2.76. The summed E-state index contributed by atoms with van der Waals surface area (Å²) in [5, 5.41) is 0. The summed E-state index contributed by atoms with van der Waals surface area (Å²) >= 11 is 0. The molecule has 2 aliphatic rings. The molecular weight excluding hydrogens is 387 g/mol. The van der Waals surface area contributed by atoms with E-state index in [0.717, 1.165) is 32.4 Å². The fourth-order valence-electron chi connectivity index (χ4n) is 4.64. The lowest BCUT2D eigenvalue weighted by molar-refractivity contribution is 0.0672. The smallest absolute Gasteiger partial charge is 0.316 e. The Morgan fingerprint density at radius 2 is 1.93 bits per heavy atom. The molecule has 3 heterocycles.